The van der Waals surface area contributed by atoms with Crippen molar-refractivity contribution in [3.63, 3.8) is 0 Å². The van der Waals surface area contributed by atoms with Gasteiger partial charge in [-0.1, -0.05) is 0 Å². The summed E-state index contributed by atoms with van der Waals surface area (Å²) in [5.41, 5.74) is 0.781. The van der Waals surface area contributed by atoms with Gasteiger partial charge in [0.15, 0.2) is 0 Å². The molecule has 0 bridgehead atoms. The first kappa shape index (κ1) is 22.6. The number of nitrogens with one attached hydrogen (secondary N) is 1. The summed E-state index contributed by atoms with van der Waals surface area (Å²) in [6.45, 7) is 7.25. The highest BCUT2D eigenvalue weighted by Crippen LogP contribution is 2.22. The smallest absolute Gasteiger partial charge is 0.408 e. The molecule has 0 fully saturated rings. The fourth-order valence-corrected chi connectivity index (χ4v) is 2.71. The van der Waals surface area contributed by atoms with Crippen LogP contribution in [0.25, 0.3) is 11.4 Å². The zero-order valence-electron chi connectivity index (χ0n) is 16.9. The van der Waals surface area contributed by atoms with E-state index in [1.807, 2.05) is 0 Å². The minimum Gasteiger partial charge on any atom is -0.475 e. The average molecular weight is 426 g/mol. The molecular formula is C18H24ClN5O5. The number of ether oxygens (including phenoxy) is 2. The maximum atomic E-state index is 12.1. The zero-order valence-corrected chi connectivity index (χ0v) is 17.6. The van der Waals surface area contributed by atoms with Gasteiger partial charge in [0.1, 0.15) is 11.3 Å². The normalized spacial score (nSPS) is 12.5. The number of amides is 1. The van der Waals surface area contributed by atoms with Gasteiger partial charge in [-0.2, -0.15) is 0 Å². The van der Waals surface area contributed by atoms with Crippen LogP contribution in [0.4, 0.5) is 4.79 Å². The molecule has 2 aromatic rings. The zero-order chi connectivity index (χ0) is 21.8. The monoisotopic (exact) mass is 425 g/mol. The first-order valence-corrected chi connectivity index (χ1v) is 9.16. The van der Waals surface area contributed by atoms with E-state index >= 15 is 0 Å². The Balaban J connectivity index is 2.31. The molecule has 10 nitrogen and oxygen atoms in total. The number of carbonyl (C=O) groups excluding carboxylic acids is 1. The third kappa shape index (κ3) is 6.40. The molecule has 158 valence electrons. The fraction of sp³-hybridized carbons (Fsp3) is 0.500. The van der Waals surface area contributed by atoms with Crippen molar-refractivity contribution < 1.29 is 24.2 Å². The summed E-state index contributed by atoms with van der Waals surface area (Å²) in [7, 11) is 1.48. The van der Waals surface area contributed by atoms with Crippen LogP contribution in [0.3, 0.4) is 0 Å². The number of aromatic nitrogens is 4. The Morgan fingerprint density at radius 2 is 2.03 bits per heavy atom. The van der Waals surface area contributed by atoms with Crippen molar-refractivity contribution >= 4 is 23.7 Å². The quantitative estimate of drug-likeness (QED) is 0.647. The Labute approximate surface area is 173 Å². The van der Waals surface area contributed by atoms with Gasteiger partial charge in [0.25, 0.3) is 0 Å². The molecule has 0 aromatic carbocycles. The predicted molar refractivity (Wildman–Crippen MR) is 105 cm³/mol. The molecule has 0 aliphatic rings. The summed E-state index contributed by atoms with van der Waals surface area (Å²) in [4.78, 5) is 36.0. The van der Waals surface area contributed by atoms with E-state index in [2.05, 4.69) is 20.3 Å². The summed E-state index contributed by atoms with van der Waals surface area (Å²) in [6, 6.07) is -0.551. The number of nitrogens with zero attached hydrogens (tertiary/aromatic N) is 4. The molecule has 2 N–H and O–H groups in total. The van der Waals surface area contributed by atoms with Gasteiger partial charge in [-0.15, -0.1) is 0 Å². The molecular weight excluding hydrogens is 402 g/mol. The number of methoxy groups -OCH3 is 1. The van der Waals surface area contributed by atoms with E-state index in [9.17, 15) is 14.7 Å². The lowest BCUT2D eigenvalue weighted by atomic mass is 10.2. The number of aromatic carboxylic acids is 1. The highest BCUT2D eigenvalue weighted by molar-refractivity contribution is 6.28. The van der Waals surface area contributed by atoms with Crippen molar-refractivity contribution in [2.45, 2.75) is 45.9 Å². The Hall–Kier alpha value is -2.72. The molecule has 0 radical (unpaired) electrons. The van der Waals surface area contributed by atoms with Crippen molar-refractivity contribution in [2.24, 2.45) is 0 Å². The molecule has 2 heterocycles. The highest BCUT2D eigenvalue weighted by atomic mass is 35.5. The third-order valence-electron chi connectivity index (χ3n) is 3.66. The third-order valence-corrected chi connectivity index (χ3v) is 3.84. The molecule has 11 heteroatoms. The van der Waals surface area contributed by atoms with Crippen LogP contribution >= 0.6 is 11.6 Å². The lowest BCUT2D eigenvalue weighted by Crippen LogP contribution is -2.43. The number of carboxylic acids is 1. The van der Waals surface area contributed by atoms with Crippen LogP contribution in [0.2, 0.25) is 5.28 Å². The average Bonchev–Trinajstić information content (AvgIpc) is 2.99. The van der Waals surface area contributed by atoms with Gasteiger partial charge in [0.2, 0.25) is 11.1 Å². The topological polar surface area (TPSA) is 128 Å². The van der Waals surface area contributed by atoms with E-state index in [1.54, 1.807) is 27.7 Å². The lowest BCUT2D eigenvalue weighted by Gasteiger charge is -2.23. The molecule has 0 spiro atoms. The minimum atomic E-state index is -1.22. The van der Waals surface area contributed by atoms with E-state index in [4.69, 9.17) is 21.1 Å². The Bertz CT molecular complexity index is 893. The largest absolute Gasteiger partial charge is 0.475 e. The van der Waals surface area contributed by atoms with Crippen LogP contribution in [0.1, 0.15) is 37.0 Å². The van der Waals surface area contributed by atoms with Crippen molar-refractivity contribution in [2.75, 3.05) is 13.7 Å². The first-order valence-electron chi connectivity index (χ1n) is 8.78. The van der Waals surface area contributed by atoms with E-state index in [0.717, 1.165) is 0 Å². The van der Waals surface area contributed by atoms with Crippen molar-refractivity contribution in [1.29, 1.82) is 0 Å². The second kappa shape index (κ2) is 9.19. The van der Waals surface area contributed by atoms with Crippen LogP contribution < -0.4 is 5.32 Å². The standard InChI is InChI=1S/C18H24ClN5O5/c1-10-6-20-16(19)23-13(10)12-8-24(14(22-12)15(25)26)7-11(9-28-5)21-17(27)29-18(2,3)4/h6,8,11H,7,9H2,1-5H3,(H,21,27)(H,25,26). The molecule has 0 aliphatic heterocycles. The Morgan fingerprint density at radius 3 is 2.62 bits per heavy atom. The predicted octanol–water partition coefficient (Wildman–Crippen LogP) is 2.54. The van der Waals surface area contributed by atoms with Crippen molar-refractivity contribution in [3.05, 3.63) is 29.1 Å². The number of hydrogen-bond acceptors (Lipinski definition) is 7. The molecule has 2 aromatic heterocycles. The minimum absolute atomic E-state index is 0.0286. The number of hydrogen-bond donors (Lipinski definition) is 2. The van der Waals surface area contributed by atoms with Crippen LogP contribution in [-0.2, 0) is 16.0 Å². The maximum absolute atomic E-state index is 12.1. The van der Waals surface area contributed by atoms with Gasteiger partial charge in [-0.25, -0.2) is 24.5 Å². The van der Waals surface area contributed by atoms with Gasteiger partial charge in [-0.05, 0) is 44.9 Å². The number of rotatable bonds is 7. The van der Waals surface area contributed by atoms with Crippen molar-refractivity contribution in [1.82, 2.24) is 24.8 Å². The molecule has 2 rings (SSSR count). The number of imidazole rings is 1. The Kier molecular flexibility index (Phi) is 7.15. The second-order valence-electron chi connectivity index (χ2n) is 7.38. The molecule has 1 amide bonds. The van der Waals surface area contributed by atoms with Gasteiger partial charge in [0.05, 0.1) is 18.3 Å². The summed E-state index contributed by atoms with van der Waals surface area (Å²) < 4.78 is 11.8. The lowest BCUT2D eigenvalue weighted by molar-refractivity contribution is 0.0459. The van der Waals surface area contributed by atoms with Crippen LogP contribution in [0, 0.1) is 6.92 Å². The Morgan fingerprint density at radius 1 is 1.34 bits per heavy atom. The van der Waals surface area contributed by atoms with E-state index in [-0.39, 0.29) is 24.3 Å². The SMILES string of the molecule is COCC(Cn1cc(-c2nc(Cl)ncc2C)nc1C(=O)O)NC(=O)OC(C)(C)C. The summed E-state index contributed by atoms with van der Waals surface area (Å²) >= 11 is 5.86. The first-order chi connectivity index (χ1) is 13.5. The van der Waals surface area contributed by atoms with E-state index < -0.39 is 23.7 Å². The van der Waals surface area contributed by atoms with E-state index in [1.165, 1.54) is 24.1 Å². The van der Waals surface area contributed by atoms with Gasteiger partial charge >= 0.3 is 12.1 Å². The number of aryl methyl sites for hydroxylation is 1. The number of halogens is 1. The summed E-state index contributed by atoms with van der Waals surface area (Å²) in [5, 5.41) is 12.3. The van der Waals surface area contributed by atoms with Gasteiger partial charge in [-0.3, -0.25) is 0 Å². The van der Waals surface area contributed by atoms with Gasteiger partial charge in [0, 0.05) is 26.0 Å². The molecule has 1 unspecified atom stereocenters. The summed E-state index contributed by atoms with van der Waals surface area (Å²) in [6.07, 6.45) is 2.44. The molecule has 1 atom stereocenters. The second-order valence-corrected chi connectivity index (χ2v) is 7.71. The fourth-order valence-electron chi connectivity index (χ4n) is 2.57. The maximum Gasteiger partial charge on any atom is 0.408 e. The number of carboxylic acid groups (broad SMARTS) is 1. The van der Waals surface area contributed by atoms with Crippen LogP contribution in [-0.4, -0.2) is 62.0 Å². The molecule has 0 saturated heterocycles. The van der Waals surface area contributed by atoms with Crippen molar-refractivity contribution in [3.8, 4) is 11.4 Å². The number of alkyl carbamates (subject to hydrolysis) is 1. The number of carbonyl (C=O) groups is 2. The summed E-state index contributed by atoms with van der Waals surface area (Å²) in [5.74, 6) is -1.43. The highest BCUT2D eigenvalue weighted by Gasteiger charge is 2.23. The van der Waals surface area contributed by atoms with Crippen LogP contribution in [0.15, 0.2) is 12.4 Å². The molecule has 0 aliphatic carbocycles. The molecule has 29 heavy (non-hydrogen) atoms. The van der Waals surface area contributed by atoms with Gasteiger partial charge < -0.3 is 24.5 Å². The molecule has 0 saturated carbocycles. The van der Waals surface area contributed by atoms with E-state index in [0.29, 0.717) is 17.0 Å². The van der Waals surface area contributed by atoms with Crippen LogP contribution in [0.5, 0.6) is 0 Å².